The number of carbonyl (C=O) groups is 1. The minimum Gasteiger partial charge on any atom is -0.297 e. The molecular weight excluding hydrogens is 164 g/mol. The molecular formula is C7H10OS2. The molecule has 2 rings (SSSR count). The van der Waals surface area contributed by atoms with Crippen LogP contribution in [0.3, 0.4) is 0 Å². The monoisotopic (exact) mass is 174 g/mol. The van der Waals surface area contributed by atoms with Gasteiger partial charge >= 0.3 is 0 Å². The number of ketones is 1. The summed E-state index contributed by atoms with van der Waals surface area (Å²) in [7, 11) is 0. The van der Waals surface area contributed by atoms with Crippen LogP contribution in [0.25, 0.3) is 0 Å². The first-order valence-electron chi connectivity index (χ1n) is 3.65. The van der Waals surface area contributed by atoms with E-state index in [0.717, 1.165) is 12.8 Å². The second kappa shape index (κ2) is 2.78. The first-order valence-corrected chi connectivity index (χ1v) is 5.74. The van der Waals surface area contributed by atoms with Crippen LogP contribution in [0.5, 0.6) is 0 Å². The maximum Gasteiger partial charge on any atom is 0.158 e. The summed E-state index contributed by atoms with van der Waals surface area (Å²) in [5.41, 5.74) is 0. The molecule has 2 aliphatic heterocycles. The lowest BCUT2D eigenvalue weighted by Crippen LogP contribution is -2.37. The molecule has 10 heavy (non-hydrogen) atoms. The predicted octanol–water partition coefficient (Wildman–Crippen LogP) is 1.57. The van der Waals surface area contributed by atoms with Gasteiger partial charge in [0.1, 0.15) is 0 Å². The van der Waals surface area contributed by atoms with E-state index in [0.29, 0.717) is 16.3 Å². The van der Waals surface area contributed by atoms with Crippen molar-refractivity contribution >= 4 is 29.3 Å². The predicted molar refractivity (Wildman–Crippen MR) is 46.7 cm³/mol. The quantitative estimate of drug-likeness (QED) is 0.632. The highest BCUT2D eigenvalue weighted by Gasteiger charge is 2.35. The van der Waals surface area contributed by atoms with Gasteiger partial charge in [0.25, 0.3) is 0 Å². The summed E-state index contributed by atoms with van der Waals surface area (Å²) in [6.07, 6.45) is 2.28. The van der Waals surface area contributed by atoms with Gasteiger partial charge in [0.15, 0.2) is 5.78 Å². The maximum absolute atomic E-state index is 11.4. The Hall–Kier alpha value is 0.370. The van der Waals surface area contributed by atoms with Crippen molar-refractivity contribution in [2.75, 3.05) is 11.5 Å². The van der Waals surface area contributed by atoms with Gasteiger partial charge in [0.2, 0.25) is 0 Å². The van der Waals surface area contributed by atoms with E-state index >= 15 is 0 Å². The molecule has 0 bridgehead atoms. The number of hydrogen-bond acceptors (Lipinski definition) is 3. The van der Waals surface area contributed by atoms with Gasteiger partial charge in [-0.1, -0.05) is 0 Å². The van der Waals surface area contributed by atoms with Crippen LogP contribution in [0.1, 0.15) is 12.8 Å². The van der Waals surface area contributed by atoms with Crippen LogP contribution in [0.4, 0.5) is 0 Å². The fourth-order valence-corrected chi connectivity index (χ4v) is 2.81. The van der Waals surface area contributed by atoms with E-state index in [4.69, 9.17) is 0 Å². The Morgan fingerprint density at radius 3 is 1.70 bits per heavy atom. The number of carbonyl (C=O) groups excluding carboxylic acids is 1. The lowest BCUT2D eigenvalue weighted by atomic mass is 10.1. The Bertz CT molecular complexity index is 134. The largest absolute Gasteiger partial charge is 0.297 e. The fraction of sp³-hybridized carbons (Fsp3) is 0.857. The van der Waals surface area contributed by atoms with E-state index in [-0.39, 0.29) is 0 Å². The van der Waals surface area contributed by atoms with Crippen molar-refractivity contribution < 1.29 is 4.79 Å². The standard InChI is InChI=1S/C7H10OS2/c8-7(5-1-3-9-5)6-2-4-10-6/h5-6H,1-4H2. The number of rotatable bonds is 2. The van der Waals surface area contributed by atoms with Crippen molar-refractivity contribution in [2.24, 2.45) is 0 Å². The van der Waals surface area contributed by atoms with Gasteiger partial charge in [-0.3, -0.25) is 4.79 Å². The van der Waals surface area contributed by atoms with Crippen LogP contribution >= 0.6 is 23.5 Å². The summed E-state index contributed by atoms with van der Waals surface area (Å²) in [4.78, 5) is 11.4. The fourth-order valence-electron chi connectivity index (χ4n) is 1.13. The zero-order valence-electron chi connectivity index (χ0n) is 5.71. The van der Waals surface area contributed by atoms with E-state index in [9.17, 15) is 4.79 Å². The SMILES string of the molecule is O=C(C1CCS1)C1CCS1. The Kier molecular flexibility index (Phi) is 1.96. The molecule has 0 amide bonds. The zero-order chi connectivity index (χ0) is 6.97. The summed E-state index contributed by atoms with van der Waals surface area (Å²) in [6, 6.07) is 0. The molecule has 0 aliphatic carbocycles. The van der Waals surface area contributed by atoms with Crippen molar-refractivity contribution in [3.63, 3.8) is 0 Å². The molecule has 0 N–H and O–H groups in total. The van der Waals surface area contributed by atoms with E-state index in [2.05, 4.69) is 0 Å². The average molecular weight is 174 g/mol. The molecule has 2 unspecified atom stereocenters. The highest BCUT2D eigenvalue weighted by Crippen LogP contribution is 2.36. The smallest absolute Gasteiger partial charge is 0.158 e. The van der Waals surface area contributed by atoms with Gasteiger partial charge in [-0.05, 0) is 24.3 Å². The van der Waals surface area contributed by atoms with Crippen molar-refractivity contribution in [3.05, 3.63) is 0 Å². The second-order valence-electron chi connectivity index (χ2n) is 2.70. The lowest BCUT2D eigenvalue weighted by Gasteiger charge is -2.31. The summed E-state index contributed by atoms with van der Waals surface area (Å²) < 4.78 is 0. The molecule has 0 aromatic heterocycles. The molecule has 1 nitrogen and oxygen atoms in total. The minimum absolute atomic E-state index is 0.387. The third-order valence-electron chi connectivity index (χ3n) is 2.03. The van der Waals surface area contributed by atoms with Crippen LogP contribution in [0, 0.1) is 0 Å². The van der Waals surface area contributed by atoms with Gasteiger partial charge < -0.3 is 0 Å². The topological polar surface area (TPSA) is 17.1 Å². The molecule has 2 heterocycles. The first kappa shape index (κ1) is 7.04. The van der Waals surface area contributed by atoms with Crippen LogP contribution in [0.15, 0.2) is 0 Å². The van der Waals surface area contributed by atoms with Crippen LogP contribution in [0.2, 0.25) is 0 Å². The van der Waals surface area contributed by atoms with Gasteiger partial charge in [0.05, 0.1) is 10.5 Å². The molecule has 2 fully saturated rings. The van der Waals surface area contributed by atoms with Gasteiger partial charge in [-0.25, -0.2) is 0 Å². The molecule has 56 valence electrons. The third-order valence-corrected chi connectivity index (χ3v) is 4.72. The minimum atomic E-state index is 0.387. The zero-order valence-corrected chi connectivity index (χ0v) is 7.34. The maximum atomic E-state index is 11.4. The Morgan fingerprint density at radius 1 is 1.10 bits per heavy atom. The molecule has 3 heteroatoms. The van der Waals surface area contributed by atoms with Crippen LogP contribution in [-0.2, 0) is 4.79 Å². The van der Waals surface area contributed by atoms with Crippen molar-refractivity contribution in [1.29, 1.82) is 0 Å². The number of thioether (sulfide) groups is 2. The Balaban J connectivity index is 1.84. The van der Waals surface area contributed by atoms with E-state index in [1.165, 1.54) is 11.5 Å². The molecule has 2 atom stereocenters. The molecule has 0 spiro atoms. The summed E-state index contributed by atoms with van der Waals surface area (Å²) >= 11 is 3.66. The van der Waals surface area contributed by atoms with Crippen LogP contribution in [-0.4, -0.2) is 27.8 Å². The highest BCUT2D eigenvalue weighted by atomic mass is 32.2. The van der Waals surface area contributed by atoms with Crippen molar-refractivity contribution in [1.82, 2.24) is 0 Å². The van der Waals surface area contributed by atoms with E-state index in [1.807, 2.05) is 23.5 Å². The number of Topliss-reactive ketones (excluding diaryl/α,β-unsaturated/α-hetero) is 1. The molecule has 0 aromatic rings. The van der Waals surface area contributed by atoms with E-state index < -0.39 is 0 Å². The third kappa shape index (κ3) is 1.10. The van der Waals surface area contributed by atoms with Crippen LogP contribution < -0.4 is 0 Å². The Morgan fingerprint density at radius 2 is 1.50 bits per heavy atom. The number of hydrogen-bond donors (Lipinski definition) is 0. The molecule has 0 radical (unpaired) electrons. The van der Waals surface area contributed by atoms with E-state index in [1.54, 1.807) is 0 Å². The summed E-state index contributed by atoms with van der Waals surface area (Å²) in [5, 5.41) is 0.774. The summed E-state index contributed by atoms with van der Waals surface area (Å²) in [5.74, 6) is 2.93. The van der Waals surface area contributed by atoms with Gasteiger partial charge in [-0.15, -0.1) is 0 Å². The molecule has 2 saturated heterocycles. The lowest BCUT2D eigenvalue weighted by molar-refractivity contribution is -0.118. The highest BCUT2D eigenvalue weighted by molar-refractivity contribution is 8.03. The van der Waals surface area contributed by atoms with Gasteiger partial charge in [-0.2, -0.15) is 23.5 Å². The molecule has 2 aliphatic rings. The summed E-state index contributed by atoms with van der Waals surface area (Å²) in [6.45, 7) is 0. The Labute approximate surface area is 69.3 Å². The molecule has 0 saturated carbocycles. The first-order chi connectivity index (χ1) is 4.88. The normalized spacial score (nSPS) is 38.0. The second-order valence-corrected chi connectivity index (χ2v) is 5.32. The average Bonchev–Trinajstić information content (AvgIpc) is 1.52. The van der Waals surface area contributed by atoms with Crippen molar-refractivity contribution in [2.45, 2.75) is 23.3 Å². The molecule has 0 aromatic carbocycles. The van der Waals surface area contributed by atoms with Crippen molar-refractivity contribution in [3.8, 4) is 0 Å². The van der Waals surface area contributed by atoms with Gasteiger partial charge in [0, 0.05) is 0 Å².